The third kappa shape index (κ3) is 1.31. The summed E-state index contributed by atoms with van der Waals surface area (Å²) in [5, 5.41) is 0. The van der Waals surface area contributed by atoms with Gasteiger partial charge in [0, 0.05) is 6.20 Å². The van der Waals surface area contributed by atoms with Crippen molar-refractivity contribution in [3.8, 4) is 0 Å². The van der Waals surface area contributed by atoms with E-state index in [-0.39, 0.29) is 6.10 Å². The summed E-state index contributed by atoms with van der Waals surface area (Å²) in [7, 11) is 0. The zero-order valence-corrected chi connectivity index (χ0v) is 9.78. The molecule has 1 atom stereocenters. The van der Waals surface area contributed by atoms with Crippen molar-refractivity contribution in [1.29, 1.82) is 0 Å². The second kappa shape index (κ2) is 3.68. The summed E-state index contributed by atoms with van der Waals surface area (Å²) in [6.07, 6.45) is 3.93. The Balaban J connectivity index is 1.90. The summed E-state index contributed by atoms with van der Waals surface area (Å²) in [4.78, 5) is 4.42. The van der Waals surface area contributed by atoms with Crippen molar-refractivity contribution in [2.75, 3.05) is 0 Å². The molecule has 2 aromatic heterocycles. The molecule has 3 heteroatoms. The molecule has 0 saturated heterocycles. The molecule has 88 valence electrons. The van der Waals surface area contributed by atoms with Gasteiger partial charge in [0.05, 0.1) is 18.5 Å². The maximum Gasteiger partial charge on any atom is 0.136 e. The molecule has 0 aliphatic carbocycles. The Hall–Kier alpha value is -2.13. The fourth-order valence-electron chi connectivity index (χ4n) is 2.58. The smallest absolute Gasteiger partial charge is 0.136 e. The van der Waals surface area contributed by atoms with E-state index in [2.05, 4.69) is 33.7 Å². The highest BCUT2D eigenvalue weighted by molar-refractivity contribution is 5.44. The van der Waals surface area contributed by atoms with Gasteiger partial charge >= 0.3 is 0 Å². The van der Waals surface area contributed by atoms with Crippen molar-refractivity contribution in [2.24, 2.45) is 0 Å². The normalized spacial score (nSPS) is 18.1. The SMILES string of the molecule is c1ccc2c(c1)COC2c1cnc2ccccn12. The fourth-order valence-corrected chi connectivity index (χ4v) is 2.58. The fraction of sp³-hybridized carbons (Fsp3) is 0.133. The van der Waals surface area contributed by atoms with E-state index in [1.54, 1.807) is 0 Å². The molecular formula is C15H12N2O. The number of hydrogen-bond acceptors (Lipinski definition) is 2. The van der Waals surface area contributed by atoms with Crippen LogP contribution in [0.15, 0.2) is 54.9 Å². The van der Waals surface area contributed by atoms with Crippen molar-refractivity contribution < 1.29 is 4.74 Å². The number of ether oxygens (including phenoxy) is 1. The van der Waals surface area contributed by atoms with Crippen LogP contribution in [-0.2, 0) is 11.3 Å². The van der Waals surface area contributed by atoms with E-state index in [0.717, 1.165) is 11.3 Å². The Labute approximate surface area is 105 Å². The van der Waals surface area contributed by atoms with Crippen LogP contribution in [0, 0.1) is 0 Å². The molecule has 3 heterocycles. The average Bonchev–Trinajstić information content (AvgIpc) is 3.01. The van der Waals surface area contributed by atoms with Gasteiger partial charge in [-0.1, -0.05) is 30.3 Å². The largest absolute Gasteiger partial charge is 0.362 e. The molecule has 0 amide bonds. The number of fused-ring (bicyclic) bond motifs is 2. The number of imidazole rings is 1. The van der Waals surface area contributed by atoms with Crippen molar-refractivity contribution in [3.63, 3.8) is 0 Å². The number of benzene rings is 1. The molecule has 0 bridgehead atoms. The Bertz CT molecular complexity index is 717. The highest BCUT2D eigenvalue weighted by atomic mass is 16.5. The molecule has 1 aliphatic heterocycles. The minimum atomic E-state index is -0.00130. The second-order valence-electron chi connectivity index (χ2n) is 4.50. The van der Waals surface area contributed by atoms with Gasteiger partial charge in [-0.3, -0.25) is 0 Å². The van der Waals surface area contributed by atoms with E-state index in [9.17, 15) is 0 Å². The number of pyridine rings is 1. The topological polar surface area (TPSA) is 26.5 Å². The predicted molar refractivity (Wildman–Crippen MR) is 68.3 cm³/mol. The lowest BCUT2D eigenvalue weighted by Crippen LogP contribution is -2.02. The first kappa shape index (κ1) is 9.85. The molecule has 3 aromatic rings. The first-order valence-corrected chi connectivity index (χ1v) is 6.05. The molecule has 18 heavy (non-hydrogen) atoms. The molecule has 1 unspecified atom stereocenters. The lowest BCUT2D eigenvalue weighted by Gasteiger charge is -2.10. The summed E-state index contributed by atoms with van der Waals surface area (Å²) >= 11 is 0. The first-order valence-electron chi connectivity index (χ1n) is 6.05. The summed E-state index contributed by atoms with van der Waals surface area (Å²) in [5.74, 6) is 0. The highest BCUT2D eigenvalue weighted by Crippen LogP contribution is 2.35. The minimum Gasteiger partial charge on any atom is -0.362 e. The zero-order valence-electron chi connectivity index (χ0n) is 9.78. The van der Waals surface area contributed by atoms with E-state index < -0.39 is 0 Å². The molecule has 0 N–H and O–H groups in total. The third-order valence-corrected chi connectivity index (χ3v) is 3.46. The van der Waals surface area contributed by atoms with Gasteiger partial charge < -0.3 is 9.14 Å². The Morgan fingerprint density at radius 3 is 3.00 bits per heavy atom. The van der Waals surface area contributed by atoms with Gasteiger partial charge in [-0.05, 0) is 23.3 Å². The van der Waals surface area contributed by atoms with Crippen molar-refractivity contribution in [2.45, 2.75) is 12.7 Å². The molecule has 3 nitrogen and oxygen atoms in total. The van der Waals surface area contributed by atoms with Gasteiger partial charge in [0.1, 0.15) is 11.8 Å². The highest BCUT2D eigenvalue weighted by Gasteiger charge is 2.26. The lowest BCUT2D eigenvalue weighted by molar-refractivity contribution is 0.0905. The van der Waals surface area contributed by atoms with E-state index in [0.29, 0.717) is 6.61 Å². The van der Waals surface area contributed by atoms with Gasteiger partial charge in [0.2, 0.25) is 0 Å². The molecular weight excluding hydrogens is 224 g/mol. The summed E-state index contributed by atoms with van der Waals surface area (Å²) in [6.45, 7) is 0.681. The summed E-state index contributed by atoms with van der Waals surface area (Å²) < 4.78 is 8.01. The molecule has 0 fully saturated rings. The van der Waals surface area contributed by atoms with E-state index in [1.807, 2.05) is 30.6 Å². The maximum absolute atomic E-state index is 5.92. The summed E-state index contributed by atoms with van der Waals surface area (Å²) in [6, 6.07) is 14.4. The molecule has 1 aliphatic rings. The molecule has 1 aromatic carbocycles. The third-order valence-electron chi connectivity index (χ3n) is 3.46. The van der Waals surface area contributed by atoms with Gasteiger partial charge in [-0.2, -0.15) is 0 Å². The van der Waals surface area contributed by atoms with Crippen LogP contribution in [0.3, 0.4) is 0 Å². The van der Waals surface area contributed by atoms with Crippen LogP contribution in [0.2, 0.25) is 0 Å². The van der Waals surface area contributed by atoms with Crippen LogP contribution < -0.4 is 0 Å². The number of aromatic nitrogens is 2. The zero-order chi connectivity index (χ0) is 11.9. The first-order chi connectivity index (χ1) is 8.93. The van der Waals surface area contributed by atoms with Crippen molar-refractivity contribution in [3.05, 3.63) is 71.7 Å². The van der Waals surface area contributed by atoms with Crippen molar-refractivity contribution >= 4 is 5.65 Å². The minimum absolute atomic E-state index is 0.00130. The average molecular weight is 236 g/mol. The Morgan fingerprint density at radius 2 is 2.00 bits per heavy atom. The van der Waals surface area contributed by atoms with E-state index >= 15 is 0 Å². The van der Waals surface area contributed by atoms with Gasteiger partial charge in [0.15, 0.2) is 0 Å². The summed E-state index contributed by atoms with van der Waals surface area (Å²) in [5.41, 5.74) is 4.58. The van der Waals surface area contributed by atoms with Crippen LogP contribution in [-0.4, -0.2) is 9.38 Å². The second-order valence-corrected chi connectivity index (χ2v) is 4.50. The molecule has 0 radical (unpaired) electrons. The number of rotatable bonds is 1. The molecule has 4 rings (SSSR count). The predicted octanol–water partition coefficient (Wildman–Crippen LogP) is 2.95. The molecule has 0 spiro atoms. The van der Waals surface area contributed by atoms with E-state index in [4.69, 9.17) is 4.74 Å². The van der Waals surface area contributed by atoms with Gasteiger partial charge in [-0.15, -0.1) is 0 Å². The van der Waals surface area contributed by atoms with Crippen LogP contribution in [0.5, 0.6) is 0 Å². The number of hydrogen-bond donors (Lipinski definition) is 0. The van der Waals surface area contributed by atoms with E-state index in [1.165, 1.54) is 11.1 Å². The van der Waals surface area contributed by atoms with Crippen molar-refractivity contribution in [1.82, 2.24) is 9.38 Å². The van der Waals surface area contributed by atoms with Crippen LogP contribution >= 0.6 is 0 Å². The van der Waals surface area contributed by atoms with Crippen LogP contribution in [0.1, 0.15) is 22.9 Å². The monoisotopic (exact) mass is 236 g/mol. The standard InChI is InChI=1S/C15H12N2O/c1-2-6-12-11(5-1)10-18-15(12)13-9-16-14-7-3-4-8-17(13)14/h1-9,15H,10H2. The lowest BCUT2D eigenvalue weighted by atomic mass is 10.0. The van der Waals surface area contributed by atoms with Crippen LogP contribution in [0.4, 0.5) is 0 Å². The molecule has 0 saturated carbocycles. The Morgan fingerprint density at radius 1 is 1.11 bits per heavy atom. The van der Waals surface area contributed by atoms with Gasteiger partial charge in [0.25, 0.3) is 0 Å². The quantitative estimate of drug-likeness (QED) is 0.649. The van der Waals surface area contributed by atoms with Crippen LogP contribution in [0.25, 0.3) is 5.65 Å². The van der Waals surface area contributed by atoms with Gasteiger partial charge in [-0.25, -0.2) is 4.98 Å². The number of nitrogens with zero attached hydrogens (tertiary/aromatic N) is 2. The maximum atomic E-state index is 5.92. The Kier molecular flexibility index (Phi) is 2.02.